The number of rotatable bonds is 5. The van der Waals surface area contributed by atoms with Gasteiger partial charge in [0.2, 0.25) is 0 Å². The first kappa shape index (κ1) is 14.8. The fourth-order valence-electron chi connectivity index (χ4n) is 1.87. The number of benzene rings is 2. The van der Waals surface area contributed by atoms with Crippen molar-refractivity contribution >= 4 is 28.9 Å². The Morgan fingerprint density at radius 3 is 2.65 bits per heavy atom. The summed E-state index contributed by atoms with van der Waals surface area (Å²) in [6, 6.07) is 11.5. The van der Waals surface area contributed by atoms with Gasteiger partial charge in [-0.15, -0.1) is 0 Å². The lowest BCUT2D eigenvalue weighted by Crippen LogP contribution is -2.02. The van der Waals surface area contributed by atoms with Crippen molar-refractivity contribution in [2.45, 2.75) is 13.5 Å². The summed E-state index contributed by atoms with van der Waals surface area (Å²) < 4.78 is 12.0. The molecule has 0 N–H and O–H groups in total. The van der Waals surface area contributed by atoms with E-state index in [-0.39, 0.29) is 0 Å². The van der Waals surface area contributed by atoms with Crippen LogP contribution in [-0.2, 0) is 6.61 Å². The molecule has 2 aromatic carbocycles. The zero-order chi connectivity index (χ0) is 14.5. The molecule has 0 fully saturated rings. The number of carbonyl (C=O) groups excluding carboxylic acids is 1. The van der Waals surface area contributed by atoms with Gasteiger partial charge in [0.25, 0.3) is 0 Å². The van der Waals surface area contributed by atoms with E-state index in [4.69, 9.17) is 9.47 Å². The monoisotopic (exact) mass is 382 g/mol. The Bertz CT molecular complexity index is 623. The van der Waals surface area contributed by atoms with Crippen LogP contribution in [-0.4, -0.2) is 13.4 Å². The summed E-state index contributed by atoms with van der Waals surface area (Å²) in [6.45, 7) is 2.52. The quantitative estimate of drug-likeness (QED) is 0.579. The lowest BCUT2D eigenvalue weighted by Gasteiger charge is -2.14. The highest BCUT2D eigenvalue weighted by molar-refractivity contribution is 14.1. The molecule has 0 bridgehead atoms. The van der Waals surface area contributed by atoms with Gasteiger partial charge in [-0.05, 0) is 52.8 Å². The van der Waals surface area contributed by atoms with Crippen molar-refractivity contribution in [3.63, 3.8) is 0 Å². The van der Waals surface area contributed by atoms with E-state index in [9.17, 15) is 4.79 Å². The van der Waals surface area contributed by atoms with Gasteiger partial charge < -0.3 is 9.47 Å². The van der Waals surface area contributed by atoms with E-state index < -0.39 is 0 Å². The summed E-state index contributed by atoms with van der Waals surface area (Å²) >= 11 is 2.15. The molecule has 0 aliphatic carbocycles. The Morgan fingerprint density at radius 1 is 1.25 bits per heavy atom. The molecule has 0 unspecified atom stereocenters. The number of methoxy groups -OCH3 is 1. The highest BCUT2D eigenvalue weighted by Gasteiger charge is 2.12. The topological polar surface area (TPSA) is 35.5 Å². The van der Waals surface area contributed by atoms with Crippen molar-refractivity contribution in [1.29, 1.82) is 0 Å². The second-order valence-corrected chi connectivity index (χ2v) is 5.53. The van der Waals surface area contributed by atoms with Gasteiger partial charge in [0, 0.05) is 5.56 Å². The van der Waals surface area contributed by atoms with Crippen LogP contribution in [0.25, 0.3) is 0 Å². The fourth-order valence-corrected chi connectivity index (χ4v) is 2.65. The van der Waals surface area contributed by atoms with Crippen LogP contribution >= 0.6 is 22.6 Å². The predicted molar refractivity (Wildman–Crippen MR) is 86.6 cm³/mol. The van der Waals surface area contributed by atoms with Crippen molar-refractivity contribution in [1.82, 2.24) is 0 Å². The number of aryl methyl sites for hydroxylation is 1. The fraction of sp³-hybridized carbons (Fsp3) is 0.188. The maximum absolute atomic E-state index is 10.9. The SMILES string of the molecule is COc1cc(C=O)cc(I)c1OCc1ccccc1C. The molecule has 0 heterocycles. The zero-order valence-electron chi connectivity index (χ0n) is 11.4. The summed E-state index contributed by atoms with van der Waals surface area (Å²) in [5.74, 6) is 1.24. The molecule has 2 aromatic rings. The molecule has 0 aliphatic rings. The van der Waals surface area contributed by atoms with Gasteiger partial charge in [0.05, 0.1) is 10.7 Å². The van der Waals surface area contributed by atoms with Crippen LogP contribution in [0.15, 0.2) is 36.4 Å². The standard InChI is InChI=1S/C16H15IO3/c1-11-5-3-4-6-13(11)10-20-16-14(17)7-12(9-18)8-15(16)19-2/h3-9H,10H2,1-2H3. The Morgan fingerprint density at radius 2 is 2.00 bits per heavy atom. The van der Waals surface area contributed by atoms with Crippen molar-refractivity contribution in [3.05, 3.63) is 56.7 Å². The van der Waals surface area contributed by atoms with E-state index in [1.165, 1.54) is 5.56 Å². The third-order valence-electron chi connectivity index (χ3n) is 3.02. The minimum Gasteiger partial charge on any atom is -0.493 e. The molecule has 0 saturated carbocycles. The first-order valence-corrected chi connectivity index (χ1v) is 7.23. The normalized spacial score (nSPS) is 10.2. The van der Waals surface area contributed by atoms with Gasteiger partial charge in [-0.2, -0.15) is 0 Å². The molecule has 0 aliphatic heterocycles. The molecule has 4 heteroatoms. The summed E-state index contributed by atoms with van der Waals surface area (Å²) in [6.07, 6.45) is 0.801. The smallest absolute Gasteiger partial charge is 0.174 e. The summed E-state index contributed by atoms with van der Waals surface area (Å²) in [5.41, 5.74) is 2.89. The highest BCUT2D eigenvalue weighted by Crippen LogP contribution is 2.34. The van der Waals surface area contributed by atoms with Crippen LogP contribution in [0, 0.1) is 10.5 Å². The van der Waals surface area contributed by atoms with Crippen LogP contribution < -0.4 is 9.47 Å². The Balaban J connectivity index is 2.25. The lowest BCUT2D eigenvalue weighted by atomic mass is 10.1. The number of halogens is 1. The summed E-state index contributed by atoms with van der Waals surface area (Å²) in [5, 5.41) is 0. The van der Waals surface area contributed by atoms with Crippen LogP contribution in [0.1, 0.15) is 21.5 Å². The zero-order valence-corrected chi connectivity index (χ0v) is 13.5. The van der Waals surface area contributed by atoms with Crippen molar-refractivity contribution in [2.75, 3.05) is 7.11 Å². The summed E-state index contributed by atoms with van der Waals surface area (Å²) in [4.78, 5) is 10.9. The van der Waals surface area contributed by atoms with E-state index >= 15 is 0 Å². The second-order valence-electron chi connectivity index (χ2n) is 4.37. The van der Waals surface area contributed by atoms with Gasteiger partial charge in [0.1, 0.15) is 12.9 Å². The molecule has 0 radical (unpaired) electrons. The number of hydrogen-bond donors (Lipinski definition) is 0. The van der Waals surface area contributed by atoms with Gasteiger partial charge in [-0.3, -0.25) is 4.79 Å². The molecule has 0 spiro atoms. The molecule has 104 valence electrons. The molecule has 0 saturated heterocycles. The van der Waals surface area contributed by atoms with Crippen molar-refractivity contribution in [3.8, 4) is 11.5 Å². The maximum atomic E-state index is 10.9. The molecular weight excluding hydrogens is 367 g/mol. The van der Waals surface area contributed by atoms with E-state index in [1.807, 2.05) is 18.2 Å². The molecule has 0 amide bonds. The third kappa shape index (κ3) is 3.30. The molecule has 0 atom stereocenters. The van der Waals surface area contributed by atoms with Crippen molar-refractivity contribution in [2.24, 2.45) is 0 Å². The highest BCUT2D eigenvalue weighted by atomic mass is 127. The average Bonchev–Trinajstić information content (AvgIpc) is 2.46. The average molecular weight is 382 g/mol. The van der Waals surface area contributed by atoms with Crippen LogP contribution in [0.5, 0.6) is 11.5 Å². The number of aldehydes is 1. The lowest BCUT2D eigenvalue weighted by molar-refractivity contribution is 0.112. The first-order chi connectivity index (χ1) is 9.65. The van der Waals surface area contributed by atoms with Gasteiger partial charge >= 0.3 is 0 Å². The van der Waals surface area contributed by atoms with Gasteiger partial charge in [-0.1, -0.05) is 24.3 Å². The number of hydrogen-bond acceptors (Lipinski definition) is 3. The predicted octanol–water partition coefficient (Wildman–Crippen LogP) is 4.00. The van der Waals surface area contributed by atoms with Gasteiger partial charge in [0.15, 0.2) is 11.5 Å². The van der Waals surface area contributed by atoms with Crippen LogP contribution in [0.2, 0.25) is 0 Å². The Kier molecular flexibility index (Phi) is 5.00. The third-order valence-corrected chi connectivity index (χ3v) is 3.82. The molecule has 2 rings (SSSR count). The number of carbonyl (C=O) groups is 1. The van der Waals surface area contributed by atoms with Crippen LogP contribution in [0.3, 0.4) is 0 Å². The molecule has 0 aromatic heterocycles. The minimum absolute atomic E-state index is 0.472. The Labute approximate surface area is 132 Å². The van der Waals surface area contributed by atoms with E-state index in [0.717, 1.165) is 15.4 Å². The van der Waals surface area contributed by atoms with Gasteiger partial charge in [-0.25, -0.2) is 0 Å². The first-order valence-electron chi connectivity index (χ1n) is 6.15. The maximum Gasteiger partial charge on any atom is 0.174 e. The molecule has 3 nitrogen and oxygen atoms in total. The Hall–Kier alpha value is -1.56. The van der Waals surface area contributed by atoms with E-state index in [2.05, 4.69) is 35.6 Å². The van der Waals surface area contributed by atoms with E-state index in [1.54, 1.807) is 19.2 Å². The minimum atomic E-state index is 0.472. The van der Waals surface area contributed by atoms with Crippen LogP contribution in [0.4, 0.5) is 0 Å². The summed E-state index contributed by atoms with van der Waals surface area (Å²) in [7, 11) is 1.57. The molecule has 20 heavy (non-hydrogen) atoms. The van der Waals surface area contributed by atoms with E-state index in [0.29, 0.717) is 23.7 Å². The molecular formula is C16H15IO3. The van der Waals surface area contributed by atoms with Crippen molar-refractivity contribution < 1.29 is 14.3 Å². The number of ether oxygens (including phenoxy) is 2. The second kappa shape index (κ2) is 6.74. The largest absolute Gasteiger partial charge is 0.493 e.